The van der Waals surface area contributed by atoms with E-state index in [1.807, 2.05) is 0 Å². The second-order valence-electron chi connectivity index (χ2n) is 4.50. The quantitative estimate of drug-likeness (QED) is 0.811. The van der Waals surface area contributed by atoms with Gasteiger partial charge in [-0.2, -0.15) is 15.0 Å². The number of methoxy groups -OCH3 is 1. The zero-order valence-corrected chi connectivity index (χ0v) is 11.3. The summed E-state index contributed by atoms with van der Waals surface area (Å²) in [5, 5.41) is 11.8. The van der Waals surface area contributed by atoms with E-state index in [4.69, 9.17) is 9.84 Å². The van der Waals surface area contributed by atoms with Crippen LogP contribution in [0.15, 0.2) is 0 Å². The summed E-state index contributed by atoms with van der Waals surface area (Å²) in [6.45, 7) is 2.37. The first-order chi connectivity index (χ1) is 9.33. The molecule has 0 aliphatic carbocycles. The molecule has 1 fully saturated rings. The minimum atomic E-state index is 0.0348. The largest absolute Gasteiger partial charge is 0.467 e. The van der Waals surface area contributed by atoms with Crippen molar-refractivity contribution in [2.24, 2.45) is 0 Å². The lowest BCUT2D eigenvalue weighted by molar-refractivity contribution is 0.310. The Hall–Kier alpha value is -1.63. The van der Waals surface area contributed by atoms with Crippen LogP contribution in [0.4, 0.5) is 11.9 Å². The molecule has 0 spiro atoms. The van der Waals surface area contributed by atoms with Gasteiger partial charge in [-0.3, -0.25) is 0 Å². The monoisotopic (exact) mass is 267 g/mol. The number of rotatable bonds is 5. The van der Waals surface area contributed by atoms with Gasteiger partial charge in [0.15, 0.2) is 0 Å². The normalized spacial score (nSPS) is 16.0. The molecule has 2 heterocycles. The number of nitrogens with one attached hydrogen (secondary N) is 1. The van der Waals surface area contributed by atoms with E-state index in [9.17, 15) is 0 Å². The van der Waals surface area contributed by atoms with Crippen LogP contribution in [-0.2, 0) is 0 Å². The number of anilines is 2. The van der Waals surface area contributed by atoms with E-state index in [2.05, 4.69) is 25.2 Å². The molecule has 7 heteroatoms. The van der Waals surface area contributed by atoms with Crippen molar-refractivity contribution in [3.05, 3.63) is 0 Å². The Labute approximate surface area is 113 Å². The number of hydrogen-bond acceptors (Lipinski definition) is 7. The van der Waals surface area contributed by atoms with E-state index in [0.717, 1.165) is 25.9 Å². The van der Waals surface area contributed by atoms with Crippen molar-refractivity contribution >= 4 is 11.9 Å². The lowest BCUT2D eigenvalue weighted by Gasteiger charge is -2.20. The molecule has 0 bridgehead atoms. The predicted octanol–water partition coefficient (Wildman–Crippen LogP) is 0.665. The molecule has 2 N–H and O–H groups in total. The zero-order chi connectivity index (χ0) is 13.5. The third-order valence-corrected chi connectivity index (χ3v) is 3.07. The molecule has 0 unspecified atom stereocenters. The van der Waals surface area contributed by atoms with Gasteiger partial charge in [-0.15, -0.1) is 0 Å². The summed E-state index contributed by atoms with van der Waals surface area (Å²) >= 11 is 0. The summed E-state index contributed by atoms with van der Waals surface area (Å²) in [7, 11) is 1.54. The molecular weight excluding hydrogens is 246 g/mol. The first kappa shape index (κ1) is 13.8. The maximum Gasteiger partial charge on any atom is 0.322 e. The van der Waals surface area contributed by atoms with Gasteiger partial charge >= 0.3 is 6.01 Å². The third kappa shape index (κ3) is 3.92. The summed E-state index contributed by atoms with van der Waals surface area (Å²) in [5.74, 6) is 1.09. The van der Waals surface area contributed by atoms with E-state index in [0.29, 0.717) is 24.5 Å². The molecule has 0 radical (unpaired) electrons. The highest BCUT2D eigenvalue weighted by atomic mass is 16.5. The van der Waals surface area contributed by atoms with Crippen LogP contribution in [0.5, 0.6) is 6.01 Å². The fraction of sp³-hybridized carbons (Fsp3) is 0.750. The number of aliphatic hydroxyl groups excluding tert-OH is 1. The van der Waals surface area contributed by atoms with E-state index in [-0.39, 0.29) is 6.61 Å². The van der Waals surface area contributed by atoms with Crippen molar-refractivity contribution < 1.29 is 9.84 Å². The summed E-state index contributed by atoms with van der Waals surface area (Å²) in [4.78, 5) is 15.0. The van der Waals surface area contributed by atoms with E-state index in [1.165, 1.54) is 20.0 Å². The second-order valence-corrected chi connectivity index (χ2v) is 4.50. The van der Waals surface area contributed by atoms with Gasteiger partial charge in [0.25, 0.3) is 0 Å². The predicted molar refractivity (Wildman–Crippen MR) is 72.6 cm³/mol. The van der Waals surface area contributed by atoms with Crippen molar-refractivity contribution in [1.29, 1.82) is 0 Å². The Bertz CT molecular complexity index is 394. The summed E-state index contributed by atoms with van der Waals surface area (Å²) < 4.78 is 5.11. The minimum Gasteiger partial charge on any atom is -0.467 e. The molecule has 1 aliphatic rings. The van der Waals surface area contributed by atoms with Gasteiger partial charge in [0.2, 0.25) is 11.9 Å². The van der Waals surface area contributed by atoms with E-state index >= 15 is 0 Å². The molecule has 0 saturated carbocycles. The van der Waals surface area contributed by atoms with Crippen LogP contribution in [0.3, 0.4) is 0 Å². The zero-order valence-electron chi connectivity index (χ0n) is 11.3. The number of nitrogens with zero attached hydrogens (tertiary/aromatic N) is 4. The molecular formula is C12H21N5O2. The molecule has 1 aliphatic heterocycles. The maximum absolute atomic E-state index is 8.83. The second kappa shape index (κ2) is 7.08. The highest BCUT2D eigenvalue weighted by Gasteiger charge is 2.15. The van der Waals surface area contributed by atoms with Crippen molar-refractivity contribution in [2.45, 2.75) is 25.7 Å². The van der Waals surface area contributed by atoms with Crippen LogP contribution >= 0.6 is 0 Å². The third-order valence-electron chi connectivity index (χ3n) is 3.07. The first-order valence-electron chi connectivity index (χ1n) is 6.73. The van der Waals surface area contributed by atoms with E-state index < -0.39 is 0 Å². The Balaban J connectivity index is 2.17. The molecule has 1 saturated heterocycles. The van der Waals surface area contributed by atoms with Crippen LogP contribution in [0, 0.1) is 0 Å². The van der Waals surface area contributed by atoms with Crippen LogP contribution in [0.1, 0.15) is 25.7 Å². The Morgan fingerprint density at radius 2 is 1.89 bits per heavy atom. The topological polar surface area (TPSA) is 83.4 Å². The minimum absolute atomic E-state index is 0.0348. The molecule has 1 aromatic heterocycles. The lowest BCUT2D eigenvalue weighted by atomic mass is 10.2. The average Bonchev–Trinajstić information content (AvgIpc) is 2.73. The fourth-order valence-electron chi connectivity index (χ4n) is 2.10. The van der Waals surface area contributed by atoms with Gasteiger partial charge in [-0.1, -0.05) is 12.8 Å². The molecule has 1 aromatic rings. The highest BCUT2D eigenvalue weighted by molar-refractivity contribution is 5.38. The van der Waals surface area contributed by atoms with Crippen molar-refractivity contribution in [3.63, 3.8) is 0 Å². The molecule has 0 amide bonds. The standard InChI is InChI=1S/C12H21N5O2/c1-19-12-15-10(13-6-9-18)14-11(16-12)17-7-4-2-3-5-8-17/h18H,2-9H2,1H3,(H,13,14,15,16). The van der Waals surface area contributed by atoms with Crippen LogP contribution < -0.4 is 15.0 Å². The Morgan fingerprint density at radius 3 is 2.53 bits per heavy atom. The number of hydrogen-bond donors (Lipinski definition) is 2. The maximum atomic E-state index is 8.83. The van der Waals surface area contributed by atoms with Crippen LogP contribution in [0.25, 0.3) is 0 Å². The molecule has 0 atom stereocenters. The van der Waals surface area contributed by atoms with Gasteiger partial charge < -0.3 is 20.1 Å². The van der Waals surface area contributed by atoms with Crippen molar-refractivity contribution in [3.8, 4) is 6.01 Å². The van der Waals surface area contributed by atoms with Gasteiger partial charge in [-0.25, -0.2) is 0 Å². The van der Waals surface area contributed by atoms with Crippen LogP contribution in [0.2, 0.25) is 0 Å². The van der Waals surface area contributed by atoms with Gasteiger partial charge in [0.1, 0.15) is 0 Å². The number of aliphatic hydroxyl groups is 1. The summed E-state index contributed by atoms with van der Waals surface area (Å²) in [6, 6.07) is 0.301. The molecule has 19 heavy (non-hydrogen) atoms. The Kier molecular flexibility index (Phi) is 5.14. The van der Waals surface area contributed by atoms with E-state index in [1.54, 1.807) is 0 Å². The highest BCUT2D eigenvalue weighted by Crippen LogP contribution is 2.18. The van der Waals surface area contributed by atoms with Gasteiger partial charge in [0.05, 0.1) is 13.7 Å². The first-order valence-corrected chi connectivity index (χ1v) is 6.73. The smallest absolute Gasteiger partial charge is 0.322 e. The number of ether oxygens (including phenoxy) is 1. The number of aromatic nitrogens is 3. The van der Waals surface area contributed by atoms with Crippen molar-refractivity contribution in [2.75, 3.05) is 43.6 Å². The summed E-state index contributed by atoms with van der Waals surface area (Å²) in [5.41, 5.74) is 0. The SMILES string of the molecule is COc1nc(NCCO)nc(N2CCCCCC2)n1. The van der Waals surface area contributed by atoms with Gasteiger partial charge in [-0.05, 0) is 12.8 Å². The fourth-order valence-corrected chi connectivity index (χ4v) is 2.10. The average molecular weight is 267 g/mol. The molecule has 2 rings (SSSR count). The molecule has 7 nitrogen and oxygen atoms in total. The lowest BCUT2D eigenvalue weighted by Crippen LogP contribution is -2.27. The summed E-state index contributed by atoms with van der Waals surface area (Å²) in [6.07, 6.45) is 4.84. The molecule has 106 valence electrons. The van der Waals surface area contributed by atoms with Crippen LogP contribution in [-0.4, -0.2) is 53.4 Å². The van der Waals surface area contributed by atoms with Crippen molar-refractivity contribution in [1.82, 2.24) is 15.0 Å². The van der Waals surface area contributed by atoms with Gasteiger partial charge in [0, 0.05) is 19.6 Å². The Morgan fingerprint density at radius 1 is 1.16 bits per heavy atom. The molecule has 0 aromatic carbocycles.